The van der Waals surface area contributed by atoms with E-state index in [1.165, 1.54) is 6.33 Å². The predicted molar refractivity (Wildman–Crippen MR) is 65.7 cm³/mol. The van der Waals surface area contributed by atoms with Crippen molar-refractivity contribution in [2.24, 2.45) is 7.05 Å². The minimum absolute atomic E-state index is 0.169. The Balaban J connectivity index is 2.64. The molecular formula is C11H15N5O2. The molecule has 0 amide bonds. The Kier molecular flexibility index (Phi) is 3.14. The monoisotopic (exact) mass is 249 g/mol. The average molecular weight is 249 g/mol. The molecule has 0 saturated heterocycles. The van der Waals surface area contributed by atoms with Gasteiger partial charge in [-0.3, -0.25) is 4.57 Å². The van der Waals surface area contributed by atoms with E-state index in [-0.39, 0.29) is 5.82 Å². The van der Waals surface area contributed by atoms with Crippen LogP contribution in [0.4, 0.5) is 5.82 Å². The van der Waals surface area contributed by atoms with Crippen LogP contribution in [-0.2, 0) is 19.9 Å². The molecule has 18 heavy (non-hydrogen) atoms. The Hall–Kier alpha value is -2.18. The van der Waals surface area contributed by atoms with Crippen LogP contribution in [0.5, 0.6) is 0 Å². The molecule has 7 heteroatoms. The minimum atomic E-state index is -0.484. The zero-order chi connectivity index (χ0) is 13.3. The summed E-state index contributed by atoms with van der Waals surface area (Å²) in [7, 11) is 1.72. The normalized spacial score (nSPS) is 10.8. The first-order valence-electron chi connectivity index (χ1n) is 5.82. The Morgan fingerprint density at radius 1 is 1.39 bits per heavy atom. The molecule has 0 aliphatic rings. The van der Waals surface area contributed by atoms with Crippen molar-refractivity contribution < 1.29 is 4.92 Å². The quantitative estimate of drug-likeness (QED) is 0.609. The summed E-state index contributed by atoms with van der Waals surface area (Å²) >= 11 is 0. The summed E-state index contributed by atoms with van der Waals surface area (Å²) in [6.45, 7) is 4.00. The molecule has 2 rings (SSSR count). The fraction of sp³-hybridized carbons (Fsp3) is 0.455. The van der Waals surface area contributed by atoms with E-state index in [9.17, 15) is 10.1 Å². The van der Waals surface area contributed by atoms with E-state index in [0.717, 1.165) is 24.2 Å². The van der Waals surface area contributed by atoms with Gasteiger partial charge in [0.05, 0.1) is 5.69 Å². The van der Waals surface area contributed by atoms with Gasteiger partial charge in [-0.1, -0.05) is 13.8 Å². The first kappa shape index (κ1) is 12.3. The largest absolute Gasteiger partial charge is 0.408 e. The zero-order valence-corrected chi connectivity index (χ0v) is 10.6. The first-order chi connectivity index (χ1) is 8.58. The van der Waals surface area contributed by atoms with Gasteiger partial charge in [0, 0.05) is 12.7 Å². The number of aryl methyl sites for hydroxylation is 3. The number of rotatable bonds is 4. The van der Waals surface area contributed by atoms with Gasteiger partial charge in [-0.2, -0.15) is 5.10 Å². The number of nitrogens with zero attached hydrogens (tertiary/aromatic N) is 5. The highest BCUT2D eigenvalue weighted by atomic mass is 16.6. The number of nitro groups is 1. The number of aromatic nitrogens is 4. The molecule has 0 radical (unpaired) electrons. The molecule has 96 valence electrons. The molecule has 0 bridgehead atoms. The van der Waals surface area contributed by atoms with Crippen molar-refractivity contribution in [1.82, 2.24) is 19.3 Å². The molecule has 0 fully saturated rings. The van der Waals surface area contributed by atoms with Crippen molar-refractivity contribution in [3.8, 4) is 5.82 Å². The fourth-order valence-corrected chi connectivity index (χ4v) is 1.87. The lowest BCUT2D eigenvalue weighted by atomic mass is 10.2. The molecular weight excluding hydrogens is 234 g/mol. The first-order valence-corrected chi connectivity index (χ1v) is 5.82. The van der Waals surface area contributed by atoms with Crippen molar-refractivity contribution in [2.75, 3.05) is 0 Å². The van der Waals surface area contributed by atoms with E-state index in [0.29, 0.717) is 5.82 Å². The van der Waals surface area contributed by atoms with Gasteiger partial charge in [-0.25, -0.2) is 4.68 Å². The lowest BCUT2D eigenvalue weighted by molar-refractivity contribution is -0.389. The number of hydrogen-bond acceptors (Lipinski definition) is 4. The Labute approximate surface area is 104 Å². The van der Waals surface area contributed by atoms with Crippen LogP contribution in [0.2, 0.25) is 0 Å². The van der Waals surface area contributed by atoms with Crippen molar-refractivity contribution in [3.63, 3.8) is 0 Å². The lowest BCUT2D eigenvalue weighted by Crippen LogP contribution is -2.09. The van der Waals surface area contributed by atoms with Crippen molar-refractivity contribution >= 4 is 5.82 Å². The fourth-order valence-electron chi connectivity index (χ4n) is 1.87. The van der Waals surface area contributed by atoms with Crippen LogP contribution in [0.15, 0.2) is 12.4 Å². The highest BCUT2D eigenvalue weighted by Crippen LogP contribution is 2.22. The molecule has 0 saturated carbocycles. The van der Waals surface area contributed by atoms with Crippen LogP contribution in [0.3, 0.4) is 0 Å². The van der Waals surface area contributed by atoms with Crippen molar-refractivity contribution in [2.45, 2.75) is 26.7 Å². The van der Waals surface area contributed by atoms with Gasteiger partial charge >= 0.3 is 5.82 Å². The van der Waals surface area contributed by atoms with Crippen molar-refractivity contribution in [1.29, 1.82) is 0 Å². The summed E-state index contributed by atoms with van der Waals surface area (Å²) < 4.78 is 3.23. The molecule has 0 unspecified atom stereocenters. The highest BCUT2D eigenvalue weighted by molar-refractivity contribution is 5.42. The highest BCUT2D eigenvalue weighted by Gasteiger charge is 2.24. The van der Waals surface area contributed by atoms with E-state index in [2.05, 4.69) is 10.1 Å². The summed E-state index contributed by atoms with van der Waals surface area (Å²) in [5, 5.41) is 15.4. The van der Waals surface area contributed by atoms with Gasteiger partial charge in [-0.05, 0) is 28.8 Å². The van der Waals surface area contributed by atoms with E-state index >= 15 is 0 Å². The maximum Gasteiger partial charge on any atom is 0.408 e. The molecule has 7 nitrogen and oxygen atoms in total. The van der Waals surface area contributed by atoms with Crippen molar-refractivity contribution in [3.05, 3.63) is 33.9 Å². The second-order valence-electron chi connectivity index (χ2n) is 4.01. The summed E-state index contributed by atoms with van der Waals surface area (Å²) in [6, 6.07) is 1.97. The third kappa shape index (κ3) is 1.87. The number of imidazole rings is 1. The van der Waals surface area contributed by atoms with Gasteiger partial charge in [0.2, 0.25) is 12.1 Å². The Morgan fingerprint density at radius 2 is 2.11 bits per heavy atom. The van der Waals surface area contributed by atoms with Crippen LogP contribution >= 0.6 is 0 Å². The van der Waals surface area contributed by atoms with Crippen LogP contribution in [0, 0.1) is 10.1 Å². The molecule has 0 spiro atoms. The molecule has 0 aliphatic heterocycles. The maximum absolute atomic E-state index is 11.0. The summed E-state index contributed by atoms with van der Waals surface area (Å²) in [5.74, 6) is 0.231. The molecule has 2 heterocycles. The lowest BCUT2D eigenvalue weighted by Gasteiger charge is -2.05. The molecule has 0 aliphatic carbocycles. The molecule has 2 aromatic rings. The Morgan fingerprint density at radius 3 is 2.67 bits per heavy atom. The van der Waals surface area contributed by atoms with Gasteiger partial charge in [0.15, 0.2) is 0 Å². The summed E-state index contributed by atoms with van der Waals surface area (Å²) in [5.41, 5.74) is 1.86. The third-order valence-corrected chi connectivity index (χ3v) is 2.82. The van der Waals surface area contributed by atoms with E-state index in [4.69, 9.17) is 0 Å². The minimum Gasteiger partial charge on any atom is -0.358 e. The van der Waals surface area contributed by atoms with E-state index in [1.807, 2.05) is 19.9 Å². The van der Waals surface area contributed by atoms with E-state index < -0.39 is 4.92 Å². The van der Waals surface area contributed by atoms with Crippen LogP contribution in [-0.4, -0.2) is 24.3 Å². The second kappa shape index (κ2) is 4.59. The topological polar surface area (TPSA) is 78.8 Å². The average Bonchev–Trinajstić information content (AvgIpc) is 2.91. The van der Waals surface area contributed by atoms with Gasteiger partial charge in [-0.15, -0.1) is 0 Å². The summed E-state index contributed by atoms with van der Waals surface area (Å²) in [4.78, 5) is 14.3. The maximum atomic E-state index is 11.0. The second-order valence-corrected chi connectivity index (χ2v) is 4.01. The molecule has 0 atom stereocenters. The van der Waals surface area contributed by atoms with Crippen LogP contribution < -0.4 is 0 Å². The Bertz CT molecular complexity index is 584. The SMILES string of the molecule is CCc1cc(CC)n(-c2c([N+](=O)[O-])ncn2C)n1. The van der Waals surface area contributed by atoms with Gasteiger partial charge < -0.3 is 10.1 Å². The molecule has 0 aromatic carbocycles. The predicted octanol–water partition coefficient (Wildman–Crippen LogP) is 1.64. The van der Waals surface area contributed by atoms with Gasteiger partial charge in [0.25, 0.3) is 0 Å². The standard InChI is InChI=1S/C11H15N5O2/c1-4-8-6-9(5-2)15(13-8)11-10(16(17)18)12-7-14(11)3/h6-7H,4-5H2,1-3H3. The zero-order valence-electron chi connectivity index (χ0n) is 10.6. The van der Waals surface area contributed by atoms with E-state index in [1.54, 1.807) is 16.3 Å². The molecule has 2 aromatic heterocycles. The van der Waals surface area contributed by atoms with Gasteiger partial charge in [0.1, 0.15) is 0 Å². The van der Waals surface area contributed by atoms with Crippen LogP contribution in [0.1, 0.15) is 25.2 Å². The molecule has 0 N–H and O–H groups in total. The number of hydrogen-bond donors (Lipinski definition) is 0. The third-order valence-electron chi connectivity index (χ3n) is 2.82. The summed E-state index contributed by atoms with van der Waals surface area (Å²) in [6.07, 6.45) is 2.99. The van der Waals surface area contributed by atoms with Crippen LogP contribution in [0.25, 0.3) is 5.82 Å². The smallest absolute Gasteiger partial charge is 0.358 e.